The summed E-state index contributed by atoms with van der Waals surface area (Å²) in [5.41, 5.74) is 1.86. The average Bonchev–Trinajstić information content (AvgIpc) is 2.62. The molecule has 26 heavy (non-hydrogen) atoms. The number of rotatable bonds is 4. The highest BCUT2D eigenvalue weighted by Crippen LogP contribution is 2.21. The number of anilines is 1. The van der Waals surface area contributed by atoms with Crippen molar-refractivity contribution in [1.82, 2.24) is 24.9 Å². The Hall–Kier alpha value is -2.28. The molecule has 0 atom stereocenters. The highest BCUT2D eigenvalue weighted by molar-refractivity contribution is 5.38. The normalized spacial score (nSPS) is 16.1. The van der Waals surface area contributed by atoms with Gasteiger partial charge in [-0.05, 0) is 25.1 Å². The summed E-state index contributed by atoms with van der Waals surface area (Å²) in [5, 5.41) is 13.1. The molecular weight excluding hydrogens is 328 g/mol. The van der Waals surface area contributed by atoms with E-state index in [9.17, 15) is 4.79 Å². The molecule has 1 aliphatic heterocycles. The van der Waals surface area contributed by atoms with Gasteiger partial charge in [0.15, 0.2) is 5.82 Å². The van der Waals surface area contributed by atoms with E-state index in [1.807, 2.05) is 6.92 Å². The average molecular weight is 356 g/mol. The van der Waals surface area contributed by atoms with E-state index in [2.05, 4.69) is 58.0 Å². The highest BCUT2D eigenvalue weighted by Gasteiger charge is 2.20. The molecule has 7 heteroatoms. The molecule has 0 aromatic carbocycles. The summed E-state index contributed by atoms with van der Waals surface area (Å²) in [6.07, 6.45) is 0. The Balaban J connectivity index is 1.52. The summed E-state index contributed by atoms with van der Waals surface area (Å²) < 4.78 is 1.55. The van der Waals surface area contributed by atoms with E-state index in [0.717, 1.165) is 49.9 Å². The molecule has 0 N–H and O–H groups in total. The van der Waals surface area contributed by atoms with Crippen molar-refractivity contribution >= 4 is 5.82 Å². The summed E-state index contributed by atoms with van der Waals surface area (Å²) in [6.45, 7) is 13.5. The zero-order chi connectivity index (χ0) is 18.7. The Morgan fingerprint density at radius 1 is 0.962 bits per heavy atom. The summed E-state index contributed by atoms with van der Waals surface area (Å²) in [4.78, 5) is 16.5. The Morgan fingerprint density at radius 3 is 2.31 bits per heavy atom. The molecular formula is C19H28N6O. The molecule has 0 unspecified atom stereocenters. The van der Waals surface area contributed by atoms with Crippen LogP contribution in [0.15, 0.2) is 29.1 Å². The minimum atomic E-state index is -0.0385. The lowest BCUT2D eigenvalue weighted by Gasteiger charge is -2.35. The van der Waals surface area contributed by atoms with Crippen molar-refractivity contribution in [3.63, 3.8) is 0 Å². The predicted molar refractivity (Wildman–Crippen MR) is 103 cm³/mol. The topological polar surface area (TPSA) is 67.2 Å². The first-order valence-electron chi connectivity index (χ1n) is 9.19. The van der Waals surface area contributed by atoms with Crippen LogP contribution in [0.3, 0.4) is 0 Å². The summed E-state index contributed by atoms with van der Waals surface area (Å²) in [7, 11) is 0. The molecule has 1 aliphatic rings. The number of hydrogen-bond acceptors (Lipinski definition) is 6. The second kappa shape index (κ2) is 7.53. The molecule has 1 fully saturated rings. The minimum Gasteiger partial charge on any atom is -0.353 e. The van der Waals surface area contributed by atoms with E-state index in [-0.39, 0.29) is 11.0 Å². The highest BCUT2D eigenvalue weighted by atomic mass is 16.1. The van der Waals surface area contributed by atoms with Gasteiger partial charge in [-0.2, -0.15) is 10.2 Å². The molecule has 2 aromatic rings. The number of piperazine rings is 1. The molecule has 7 nitrogen and oxygen atoms in total. The standard InChI is InChI=1S/C19H28N6O/c1-15-5-8-18(26)25(22-15)14-11-23-9-12-24(13-10-23)17-7-6-16(20-21-17)19(2,3)4/h5-8H,9-14H2,1-4H3. The van der Waals surface area contributed by atoms with Crippen LogP contribution in [-0.2, 0) is 12.0 Å². The quantitative estimate of drug-likeness (QED) is 0.826. The fourth-order valence-electron chi connectivity index (χ4n) is 3.04. The van der Waals surface area contributed by atoms with E-state index in [1.54, 1.807) is 16.8 Å². The Morgan fingerprint density at radius 2 is 1.69 bits per heavy atom. The van der Waals surface area contributed by atoms with E-state index in [1.165, 1.54) is 0 Å². The first-order chi connectivity index (χ1) is 12.3. The molecule has 0 spiro atoms. The van der Waals surface area contributed by atoms with Crippen LogP contribution < -0.4 is 10.5 Å². The van der Waals surface area contributed by atoms with Gasteiger partial charge in [-0.1, -0.05) is 20.8 Å². The van der Waals surface area contributed by atoms with Crippen molar-refractivity contribution in [2.24, 2.45) is 0 Å². The predicted octanol–water partition coefficient (Wildman–Crippen LogP) is 1.46. The van der Waals surface area contributed by atoms with Crippen LogP contribution in [0.5, 0.6) is 0 Å². The second-order valence-electron chi connectivity index (χ2n) is 7.89. The van der Waals surface area contributed by atoms with Gasteiger partial charge in [-0.15, -0.1) is 5.10 Å². The van der Waals surface area contributed by atoms with Gasteiger partial charge in [0.2, 0.25) is 0 Å². The van der Waals surface area contributed by atoms with Crippen LogP contribution in [0.1, 0.15) is 32.2 Å². The van der Waals surface area contributed by atoms with Crippen LogP contribution in [0, 0.1) is 6.92 Å². The van der Waals surface area contributed by atoms with Crippen molar-refractivity contribution in [1.29, 1.82) is 0 Å². The first-order valence-corrected chi connectivity index (χ1v) is 9.19. The van der Waals surface area contributed by atoms with Crippen molar-refractivity contribution in [3.05, 3.63) is 46.0 Å². The smallest absolute Gasteiger partial charge is 0.266 e. The first kappa shape index (κ1) is 18.5. The van der Waals surface area contributed by atoms with Crippen molar-refractivity contribution in [2.45, 2.75) is 39.7 Å². The van der Waals surface area contributed by atoms with E-state index >= 15 is 0 Å². The third-order valence-electron chi connectivity index (χ3n) is 4.74. The maximum Gasteiger partial charge on any atom is 0.266 e. The maximum absolute atomic E-state index is 11.8. The lowest BCUT2D eigenvalue weighted by molar-refractivity contribution is 0.242. The number of aromatic nitrogens is 4. The third-order valence-corrected chi connectivity index (χ3v) is 4.74. The fraction of sp³-hybridized carbons (Fsp3) is 0.579. The lowest BCUT2D eigenvalue weighted by atomic mass is 9.92. The van der Waals surface area contributed by atoms with Gasteiger partial charge < -0.3 is 4.90 Å². The molecule has 1 saturated heterocycles. The van der Waals surface area contributed by atoms with Crippen LogP contribution in [0.25, 0.3) is 0 Å². The summed E-state index contributed by atoms with van der Waals surface area (Å²) >= 11 is 0. The van der Waals surface area contributed by atoms with Gasteiger partial charge in [0, 0.05) is 44.2 Å². The molecule has 3 rings (SSSR count). The lowest BCUT2D eigenvalue weighted by Crippen LogP contribution is -2.48. The van der Waals surface area contributed by atoms with Crippen molar-refractivity contribution in [3.8, 4) is 0 Å². The van der Waals surface area contributed by atoms with E-state index < -0.39 is 0 Å². The Bertz CT molecular complexity index is 785. The van der Waals surface area contributed by atoms with Gasteiger partial charge >= 0.3 is 0 Å². The molecule has 0 saturated carbocycles. The molecule has 2 aromatic heterocycles. The summed E-state index contributed by atoms with van der Waals surface area (Å²) in [6, 6.07) is 7.48. The fourth-order valence-corrected chi connectivity index (χ4v) is 3.04. The van der Waals surface area contributed by atoms with Crippen LogP contribution in [0.2, 0.25) is 0 Å². The van der Waals surface area contributed by atoms with E-state index in [0.29, 0.717) is 6.54 Å². The molecule has 0 amide bonds. The van der Waals surface area contributed by atoms with Gasteiger partial charge in [0.05, 0.1) is 17.9 Å². The second-order valence-corrected chi connectivity index (χ2v) is 7.89. The molecule has 0 bridgehead atoms. The van der Waals surface area contributed by atoms with Gasteiger partial charge in [0.1, 0.15) is 0 Å². The number of hydrogen-bond donors (Lipinski definition) is 0. The molecule has 0 radical (unpaired) electrons. The number of nitrogens with zero attached hydrogens (tertiary/aromatic N) is 6. The van der Waals surface area contributed by atoms with Crippen molar-refractivity contribution < 1.29 is 0 Å². The molecule has 0 aliphatic carbocycles. The van der Waals surface area contributed by atoms with Crippen LogP contribution >= 0.6 is 0 Å². The van der Waals surface area contributed by atoms with Crippen LogP contribution in [-0.4, -0.2) is 57.6 Å². The third kappa shape index (κ3) is 4.46. The largest absolute Gasteiger partial charge is 0.353 e. The zero-order valence-corrected chi connectivity index (χ0v) is 16.1. The maximum atomic E-state index is 11.8. The SMILES string of the molecule is Cc1ccc(=O)n(CCN2CCN(c3ccc(C(C)(C)C)nn3)CC2)n1. The Labute approximate surface area is 154 Å². The minimum absolute atomic E-state index is 0.0200. The Kier molecular flexibility index (Phi) is 5.36. The van der Waals surface area contributed by atoms with Gasteiger partial charge in [-0.3, -0.25) is 9.69 Å². The number of aryl methyl sites for hydroxylation is 1. The zero-order valence-electron chi connectivity index (χ0n) is 16.1. The van der Waals surface area contributed by atoms with Crippen LogP contribution in [0.4, 0.5) is 5.82 Å². The molecule has 140 valence electrons. The monoisotopic (exact) mass is 356 g/mol. The summed E-state index contributed by atoms with van der Waals surface area (Å²) in [5.74, 6) is 0.939. The van der Waals surface area contributed by atoms with Crippen molar-refractivity contribution in [2.75, 3.05) is 37.6 Å². The van der Waals surface area contributed by atoms with Gasteiger partial charge in [0.25, 0.3) is 5.56 Å². The van der Waals surface area contributed by atoms with E-state index in [4.69, 9.17) is 0 Å². The van der Waals surface area contributed by atoms with Gasteiger partial charge in [-0.25, -0.2) is 4.68 Å². The molecule has 3 heterocycles.